The highest BCUT2D eigenvalue weighted by atomic mass is 16.5. The fourth-order valence-electron chi connectivity index (χ4n) is 3.25. The molecule has 0 radical (unpaired) electrons. The number of guanidine groups is 1. The van der Waals surface area contributed by atoms with Crippen LogP contribution < -0.4 is 10.6 Å². The molecule has 1 heterocycles. The summed E-state index contributed by atoms with van der Waals surface area (Å²) in [6.45, 7) is 18.2. The molecule has 0 aromatic carbocycles. The minimum atomic E-state index is 0.590. The predicted molar refractivity (Wildman–Crippen MR) is 110 cm³/mol. The van der Waals surface area contributed by atoms with Crippen molar-refractivity contribution >= 4 is 5.96 Å². The Balaban J connectivity index is 2.15. The first kappa shape index (κ1) is 23.2. The SMILES string of the molecule is CCNC(=NCCCOCC1CCOC1)NCCCN(C(C)C)C(C)C. The van der Waals surface area contributed by atoms with Gasteiger partial charge in [-0.1, -0.05) is 0 Å². The van der Waals surface area contributed by atoms with Crippen molar-refractivity contribution in [2.75, 3.05) is 52.6 Å². The highest BCUT2D eigenvalue weighted by molar-refractivity contribution is 5.79. The quantitative estimate of drug-likeness (QED) is 0.296. The van der Waals surface area contributed by atoms with Gasteiger partial charge in [0, 0.05) is 57.4 Å². The molecule has 2 N–H and O–H groups in total. The summed E-state index contributed by atoms with van der Waals surface area (Å²) in [6, 6.07) is 1.18. The van der Waals surface area contributed by atoms with Gasteiger partial charge in [0.25, 0.3) is 0 Å². The summed E-state index contributed by atoms with van der Waals surface area (Å²) in [5.41, 5.74) is 0. The molecule has 6 nitrogen and oxygen atoms in total. The van der Waals surface area contributed by atoms with E-state index in [1.807, 2.05) is 0 Å². The first-order valence-electron chi connectivity index (χ1n) is 10.5. The molecule has 0 amide bonds. The lowest BCUT2D eigenvalue weighted by atomic mass is 10.1. The standard InChI is InChI=1S/C20H42N4O2/c1-6-21-20(22-10-7-12-24(17(2)3)18(4)5)23-11-8-13-25-15-19-9-14-26-16-19/h17-19H,6-16H2,1-5H3,(H2,21,22,23). The average molecular weight is 371 g/mol. The van der Waals surface area contributed by atoms with Crippen LogP contribution in [0.1, 0.15) is 53.9 Å². The number of hydrogen-bond acceptors (Lipinski definition) is 4. The second-order valence-electron chi connectivity index (χ2n) is 7.62. The smallest absolute Gasteiger partial charge is 0.191 e. The Morgan fingerprint density at radius 1 is 1.19 bits per heavy atom. The van der Waals surface area contributed by atoms with Gasteiger partial charge in [-0.15, -0.1) is 0 Å². The minimum absolute atomic E-state index is 0.590. The zero-order chi connectivity index (χ0) is 19.2. The Bertz CT molecular complexity index is 361. The maximum atomic E-state index is 5.73. The van der Waals surface area contributed by atoms with E-state index in [4.69, 9.17) is 9.47 Å². The monoisotopic (exact) mass is 370 g/mol. The summed E-state index contributed by atoms with van der Waals surface area (Å²) in [4.78, 5) is 7.17. The molecule has 1 fully saturated rings. The molecule has 0 aliphatic carbocycles. The molecule has 1 rings (SSSR count). The van der Waals surface area contributed by atoms with Gasteiger partial charge in [-0.25, -0.2) is 0 Å². The number of ether oxygens (including phenoxy) is 2. The molecule has 0 aromatic heterocycles. The highest BCUT2D eigenvalue weighted by Crippen LogP contribution is 2.12. The topological polar surface area (TPSA) is 58.1 Å². The molecule has 1 unspecified atom stereocenters. The molecule has 26 heavy (non-hydrogen) atoms. The molecule has 6 heteroatoms. The first-order chi connectivity index (χ1) is 12.5. The third kappa shape index (κ3) is 10.3. The van der Waals surface area contributed by atoms with E-state index in [1.165, 1.54) is 0 Å². The largest absolute Gasteiger partial charge is 0.381 e. The van der Waals surface area contributed by atoms with E-state index in [-0.39, 0.29) is 0 Å². The van der Waals surface area contributed by atoms with Crippen molar-refractivity contribution < 1.29 is 9.47 Å². The maximum Gasteiger partial charge on any atom is 0.191 e. The van der Waals surface area contributed by atoms with Crippen LogP contribution in [-0.2, 0) is 9.47 Å². The molecular formula is C20H42N4O2. The van der Waals surface area contributed by atoms with Gasteiger partial charge in [0.05, 0.1) is 13.2 Å². The van der Waals surface area contributed by atoms with Gasteiger partial charge in [-0.2, -0.15) is 0 Å². The molecule has 0 bridgehead atoms. The van der Waals surface area contributed by atoms with E-state index in [2.05, 4.69) is 55.1 Å². The first-order valence-corrected chi connectivity index (χ1v) is 10.5. The highest BCUT2D eigenvalue weighted by Gasteiger charge is 2.15. The summed E-state index contributed by atoms with van der Waals surface area (Å²) >= 11 is 0. The van der Waals surface area contributed by atoms with Crippen molar-refractivity contribution in [2.24, 2.45) is 10.9 Å². The lowest BCUT2D eigenvalue weighted by Crippen LogP contribution is -2.41. The van der Waals surface area contributed by atoms with Crippen molar-refractivity contribution in [1.82, 2.24) is 15.5 Å². The predicted octanol–water partition coefficient (Wildman–Crippen LogP) is 2.49. The van der Waals surface area contributed by atoms with Gasteiger partial charge in [0.15, 0.2) is 5.96 Å². The number of rotatable bonds is 13. The van der Waals surface area contributed by atoms with Crippen LogP contribution in [0.5, 0.6) is 0 Å². The molecule has 154 valence electrons. The molecule has 1 aliphatic rings. The second-order valence-corrected chi connectivity index (χ2v) is 7.62. The molecule has 0 saturated carbocycles. The summed E-state index contributed by atoms with van der Waals surface area (Å²) in [6.07, 6.45) is 3.21. The van der Waals surface area contributed by atoms with Crippen molar-refractivity contribution in [3.8, 4) is 0 Å². The molecule has 0 aromatic rings. The van der Waals surface area contributed by atoms with Gasteiger partial charge >= 0.3 is 0 Å². The molecule has 1 saturated heterocycles. The summed E-state index contributed by atoms with van der Waals surface area (Å²) in [5, 5.41) is 6.76. The van der Waals surface area contributed by atoms with Gasteiger partial charge in [-0.05, 0) is 53.9 Å². The molecule has 1 atom stereocenters. The van der Waals surface area contributed by atoms with E-state index in [9.17, 15) is 0 Å². The van der Waals surface area contributed by atoms with Crippen LogP contribution in [0.2, 0.25) is 0 Å². The van der Waals surface area contributed by atoms with E-state index in [0.717, 1.165) is 77.8 Å². The van der Waals surface area contributed by atoms with Crippen LogP contribution in [0.4, 0.5) is 0 Å². The number of nitrogens with zero attached hydrogens (tertiary/aromatic N) is 2. The van der Waals surface area contributed by atoms with Crippen LogP contribution >= 0.6 is 0 Å². The summed E-state index contributed by atoms with van der Waals surface area (Å²) in [7, 11) is 0. The number of nitrogens with one attached hydrogen (secondary N) is 2. The van der Waals surface area contributed by atoms with Crippen molar-refractivity contribution in [2.45, 2.75) is 66.0 Å². The van der Waals surface area contributed by atoms with Crippen molar-refractivity contribution in [1.29, 1.82) is 0 Å². The van der Waals surface area contributed by atoms with Crippen molar-refractivity contribution in [3.63, 3.8) is 0 Å². The van der Waals surface area contributed by atoms with Crippen LogP contribution in [0, 0.1) is 5.92 Å². The molecule has 1 aliphatic heterocycles. The average Bonchev–Trinajstić information content (AvgIpc) is 3.10. The molecular weight excluding hydrogens is 328 g/mol. The second kappa shape index (κ2) is 14.2. The van der Waals surface area contributed by atoms with Crippen LogP contribution in [0.3, 0.4) is 0 Å². The zero-order valence-corrected chi connectivity index (χ0v) is 17.7. The van der Waals surface area contributed by atoms with Crippen LogP contribution in [-0.4, -0.2) is 75.5 Å². The zero-order valence-electron chi connectivity index (χ0n) is 17.7. The van der Waals surface area contributed by atoms with Crippen LogP contribution in [0.25, 0.3) is 0 Å². The Labute approximate surface area is 161 Å². The normalized spacial score (nSPS) is 18.3. The number of aliphatic imine (C=N–C) groups is 1. The third-order valence-corrected chi connectivity index (χ3v) is 4.65. The Kier molecular flexibility index (Phi) is 12.7. The van der Waals surface area contributed by atoms with Crippen LogP contribution in [0.15, 0.2) is 4.99 Å². The van der Waals surface area contributed by atoms with Crippen molar-refractivity contribution in [3.05, 3.63) is 0 Å². The molecule has 0 spiro atoms. The number of hydrogen-bond donors (Lipinski definition) is 2. The lowest BCUT2D eigenvalue weighted by molar-refractivity contribution is 0.0893. The summed E-state index contributed by atoms with van der Waals surface area (Å²) < 4.78 is 11.1. The Morgan fingerprint density at radius 3 is 2.58 bits per heavy atom. The summed E-state index contributed by atoms with van der Waals surface area (Å²) in [5.74, 6) is 1.51. The van der Waals surface area contributed by atoms with Gasteiger partial charge in [0.1, 0.15) is 0 Å². The maximum absolute atomic E-state index is 5.73. The van der Waals surface area contributed by atoms with E-state index in [1.54, 1.807) is 0 Å². The fourth-order valence-corrected chi connectivity index (χ4v) is 3.25. The minimum Gasteiger partial charge on any atom is -0.381 e. The van der Waals surface area contributed by atoms with Gasteiger partial charge in [-0.3, -0.25) is 9.89 Å². The van der Waals surface area contributed by atoms with E-state index < -0.39 is 0 Å². The van der Waals surface area contributed by atoms with Gasteiger partial charge < -0.3 is 20.1 Å². The fraction of sp³-hybridized carbons (Fsp3) is 0.950. The van der Waals surface area contributed by atoms with E-state index in [0.29, 0.717) is 18.0 Å². The Morgan fingerprint density at radius 2 is 1.96 bits per heavy atom. The van der Waals surface area contributed by atoms with E-state index >= 15 is 0 Å². The Hall–Kier alpha value is -0.850. The van der Waals surface area contributed by atoms with Gasteiger partial charge in [0.2, 0.25) is 0 Å². The third-order valence-electron chi connectivity index (χ3n) is 4.65. The lowest BCUT2D eigenvalue weighted by Gasteiger charge is -2.30.